The number of hydrogen-bond donors (Lipinski definition) is 2. The summed E-state index contributed by atoms with van der Waals surface area (Å²) in [5, 5.41) is 8.31. The third kappa shape index (κ3) is 5.56. The average molecular weight is 512 g/mol. The van der Waals surface area contributed by atoms with Crippen LogP contribution in [0.25, 0.3) is 0 Å². The van der Waals surface area contributed by atoms with Gasteiger partial charge in [-0.3, -0.25) is 9.79 Å². The minimum absolute atomic E-state index is 0. The van der Waals surface area contributed by atoms with E-state index < -0.39 is 9.84 Å². The molecule has 2 aliphatic heterocycles. The predicted octanol–water partition coefficient (Wildman–Crippen LogP) is 0.993. The van der Waals surface area contributed by atoms with E-state index in [9.17, 15) is 13.2 Å². The fraction of sp³-hybridized carbons (Fsp3) is 0.625. The molecule has 10 heteroatoms. The van der Waals surface area contributed by atoms with Gasteiger partial charge >= 0.3 is 0 Å². The number of rotatable bonds is 4. The molecule has 1 unspecified atom stereocenters. The topological polar surface area (TPSA) is 90.9 Å². The molecule has 2 aliphatic rings. The van der Waals surface area contributed by atoms with Crippen LogP contribution in [0.15, 0.2) is 16.4 Å². The van der Waals surface area contributed by atoms with Crippen molar-refractivity contribution < 1.29 is 13.2 Å². The van der Waals surface area contributed by atoms with E-state index in [-0.39, 0.29) is 47.4 Å². The van der Waals surface area contributed by atoms with Crippen LogP contribution in [0.3, 0.4) is 0 Å². The molecule has 1 fully saturated rings. The van der Waals surface area contributed by atoms with Crippen LogP contribution in [0.5, 0.6) is 0 Å². The summed E-state index contributed by atoms with van der Waals surface area (Å²) in [6, 6.07) is 1.99. The molecule has 3 heterocycles. The number of thiophene rings is 1. The van der Waals surface area contributed by atoms with Gasteiger partial charge in [-0.15, -0.1) is 35.3 Å². The highest BCUT2D eigenvalue weighted by Crippen LogP contribution is 2.24. The van der Waals surface area contributed by atoms with Crippen LogP contribution in [-0.4, -0.2) is 62.9 Å². The zero-order valence-corrected chi connectivity index (χ0v) is 18.7. The van der Waals surface area contributed by atoms with Crippen LogP contribution in [0.2, 0.25) is 0 Å². The van der Waals surface area contributed by atoms with Crippen LogP contribution in [0, 0.1) is 0 Å². The van der Waals surface area contributed by atoms with Crippen molar-refractivity contribution in [1.82, 2.24) is 15.5 Å². The van der Waals surface area contributed by atoms with E-state index in [1.54, 1.807) is 18.4 Å². The van der Waals surface area contributed by atoms with Gasteiger partial charge in [0.05, 0.1) is 11.5 Å². The first kappa shape index (κ1) is 21.4. The van der Waals surface area contributed by atoms with Gasteiger partial charge in [0.15, 0.2) is 15.8 Å². The summed E-state index contributed by atoms with van der Waals surface area (Å²) in [5.74, 6) is 1.04. The number of amides is 1. The van der Waals surface area contributed by atoms with Crippen molar-refractivity contribution in [2.75, 3.05) is 31.6 Å². The lowest BCUT2D eigenvalue weighted by Crippen LogP contribution is -2.45. The molecular formula is C16H25IN4O3S2. The highest BCUT2D eigenvalue weighted by molar-refractivity contribution is 14.0. The molecule has 1 atom stereocenters. The number of halogens is 1. The van der Waals surface area contributed by atoms with Crippen molar-refractivity contribution in [2.45, 2.75) is 31.8 Å². The van der Waals surface area contributed by atoms with Gasteiger partial charge in [-0.05, 0) is 29.9 Å². The van der Waals surface area contributed by atoms with Gasteiger partial charge < -0.3 is 15.5 Å². The summed E-state index contributed by atoms with van der Waals surface area (Å²) in [6.45, 7) is 1.95. The Morgan fingerprint density at radius 2 is 2.27 bits per heavy atom. The average Bonchev–Trinajstić information content (AvgIpc) is 3.18. The minimum Gasteiger partial charge on any atom is -0.356 e. The van der Waals surface area contributed by atoms with Gasteiger partial charge in [0, 0.05) is 44.0 Å². The smallest absolute Gasteiger partial charge is 0.224 e. The lowest BCUT2D eigenvalue weighted by Gasteiger charge is -2.27. The second kappa shape index (κ2) is 9.36. The van der Waals surface area contributed by atoms with Crippen molar-refractivity contribution in [3.05, 3.63) is 21.9 Å². The third-order valence-electron chi connectivity index (χ3n) is 4.59. The molecule has 0 saturated carbocycles. The number of hydrogen-bond acceptors (Lipinski definition) is 5. The van der Waals surface area contributed by atoms with E-state index in [4.69, 9.17) is 0 Å². The first-order chi connectivity index (χ1) is 12.0. The predicted molar refractivity (Wildman–Crippen MR) is 115 cm³/mol. The van der Waals surface area contributed by atoms with Gasteiger partial charge in [-0.2, -0.15) is 0 Å². The molecule has 7 nitrogen and oxygen atoms in total. The van der Waals surface area contributed by atoms with Gasteiger partial charge in [-0.25, -0.2) is 8.42 Å². The van der Waals surface area contributed by atoms with Crippen LogP contribution in [0.4, 0.5) is 0 Å². The fourth-order valence-corrected chi connectivity index (χ4v) is 5.77. The number of fused-ring (bicyclic) bond motifs is 1. The highest BCUT2D eigenvalue weighted by Gasteiger charge is 2.28. The maximum Gasteiger partial charge on any atom is 0.224 e. The molecule has 3 rings (SSSR count). The number of nitrogens with zero attached hydrogens (tertiary/aromatic N) is 2. The van der Waals surface area contributed by atoms with Crippen LogP contribution in [0.1, 0.15) is 23.3 Å². The van der Waals surface area contributed by atoms with E-state index in [0.717, 1.165) is 13.0 Å². The summed E-state index contributed by atoms with van der Waals surface area (Å²) in [4.78, 5) is 19.8. The second-order valence-electron chi connectivity index (χ2n) is 6.43. The van der Waals surface area contributed by atoms with Crippen molar-refractivity contribution in [1.29, 1.82) is 0 Å². The summed E-state index contributed by atoms with van der Waals surface area (Å²) in [7, 11) is -1.28. The van der Waals surface area contributed by atoms with E-state index >= 15 is 0 Å². The number of guanidine groups is 1. The Kier molecular flexibility index (Phi) is 7.71. The molecule has 0 radical (unpaired) electrons. The van der Waals surface area contributed by atoms with Crippen molar-refractivity contribution >= 4 is 57.0 Å². The quantitative estimate of drug-likeness (QED) is 0.357. The molecule has 1 aromatic rings. The van der Waals surface area contributed by atoms with Crippen molar-refractivity contribution in [3.63, 3.8) is 0 Å². The Hall–Kier alpha value is -0.880. The largest absolute Gasteiger partial charge is 0.356 e. The summed E-state index contributed by atoms with van der Waals surface area (Å²) in [5.41, 5.74) is 1.26. The molecule has 2 N–H and O–H groups in total. The Labute approximate surface area is 175 Å². The number of carbonyl (C=O) groups excluding carboxylic acids is 1. The number of nitrogens with one attached hydrogen (secondary N) is 2. The standard InChI is InChI=1S/C16H24N4O3S2.HI/c1-17-16(19-13-5-9-25(22,23)11-13)18-6-2-15(21)20-7-3-14-12(10-20)4-8-24-14;/h4,8,13H,2-3,5-7,9-11H2,1H3,(H2,17,18,19);1H. The molecule has 1 aromatic heterocycles. The zero-order valence-electron chi connectivity index (χ0n) is 14.7. The SMILES string of the molecule is CN=C(NCCC(=O)N1CCc2sccc2C1)NC1CCS(=O)(=O)C1.I. The van der Waals surface area contributed by atoms with E-state index in [2.05, 4.69) is 27.1 Å². The van der Waals surface area contributed by atoms with E-state index in [1.807, 2.05) is 4.90 Å². The van der Waals surface area contributed by atoms with Crippen LogP contribution in [-0.2, 0) is 27.6 Å². The maximum absolute atomic E-state index is 12.4. The second-order valence-corrected chi connectivity index (χ2v) is 9.66. The van der Waals surface area contributed by atoms with Gasteiger partial charge in [0.25, 0.3) is 0 Å². The summed E-state index contributed by atoms with van der Waals surface area (Å²) < 4.78 is 23.0. The molecular weight excluding hydrogens is 487 g/mol. The number of aliphatic imine (C=N–C) groups is 1. The third-order valence-corrected chi connectivity index (χ3v) is 7.38. The molecule has 146 valence electrons. The molecule has 0 aromatic carbocycles. The Balaban J connectivity index is 0.00000243. The molecule has 0 spiro atoms. The lowest BCUT2D eigenvalue weighted by atomic mass is 10.1. The highest BCUT2D eigenvalue weighted by atomic mass is 127. The van der Waals surface area contributed by atoms with E-state index in [1.165, 1.54) is 10.4 Å². The molecule has 0 aliphatic carbocycles. The van der Waals surface area contributed by atoms with Crippen molar-refractivity contribution in [2.24, 2.45) is 4.99 Å². The molecule has 26 heavy (non-hydrogen) atoms. The van der Waals surface area contributed by atoms with Gasteiger partial charge in [-0.1, -0.05) is 0 Å². The first-order valence-corrected chi connectivity index (χ1v) is 11.2. The van der Waals surface area contributed by atoms with Crippen LogP contribution < -0.4 is 10.6 Å². The van der Waals surface area contributed by atoms with Crippen LogP contribution >= 0.6 is 35.3 Å². The summed E-state index contributed by atoms with van der Waals surface area (Å²) >= 11 is 1.76. The zero-order chi connectivity index (χ0) is 17.9. The summed E-state index contributed by atoms with van der Waals surface area (Å²) in [6.07, 6.45) is 1.92. The minimum atomic E-state index is -2.92. The first-order valence-electron chi connectivity index (χ1n) is 8.47. The van der Waals surface area contributed by atoms with E-state index in [0.29, 0.717) is 31.9 Å². The lowest BCUT2D eigenvalue weighted by molar-refractivity contribution is -0.131. The Morgan fingerprint density at radius 1 is 1.46 bits per heavy atom. The Bertz CT molecular complexity index is 763. The maximum atomic E-state index is 12.4. The Morgan fingerprint density at radius 3 is 2.96 bits per heavy atom. The number of carbonyl (C=O) groups is 1. The van der Waals surface area contributed by atoms with Crippen molar-refractivity contribution in [3.8, 4) is 0 Å². The molecule has 1 amide bonds. The number of sulfone groups is 1. The fourth-order valence-electron chi connectivity index (χ4n) is 3.20. The van der Waals surface area contributed by atoms with Gasteiger partial charge in [0.2, 0.25) is 5.91 Å². The monoisotopic (exact) mass is 512 g/mol. The molecule has 0 bridgehead atoms. The molecule has 1 saturated heterocycles. The van der Waals surface area contributed by atoms with Gasteiger partial charge in [0.1, 0.15) is 0 Å². The normalized spacial score (nSPS) is 21.7.